The predicted octanol–water partition coefficient (Wildman–Crippen LogP) is 1.15. The number of fused-ring (bicyclic) bond motifs is 2. The highest BCUT2D eigenvalue weighted by Crippen LogP contribution is 2.26. The summed E-state index contributed by atoms with van der Waals surface area (Å²) in [6, 6.07) is 4.48. The minimum absolute atomic E-state index is 0.180. The molecule has 2 aliphatic rings. The standard InChI is InChI=1S/C12H7FO/c13-7-4-5-9-8-2-1-3-10(8)12(14)11(9)6-7/h1-6,14H. The maximum Gasteiger partial charge on any atom is 0.131 e. The highest BCUT2D eigenvalue weighted by atomic mass is 19.1. The first-order valence-corrected chi connectivity index (χ1v) is 4.39. The Bertz CT molecular complexity index is 606. The van der Waals surface area contributed by atoms with E-state index in [1.807, 2.05) is 18.2 Å². The van der Waals surface area contributed by atoms with Crippen molar-refractivity contribution in [2.75, 3.05) is 0 Å². The summed E-state index contributed by atoms with van der Waals surface area (Å²) in [6.07, 6.45) is 5.64. The van der Waals surface area contributed by atoms with Crippen LogP contribution in [0.3, 0.4) is 0 Å². The second-order valence-electron chi connectivity index (χ2n) is 3.39. The first-order valence-electron chi connectivity index (χ1n) is 4.39. The molecule has 0 saturated heterocycles. The maximum atomic E-state index is 12.9. The van der Waals surface area contributed by atoms with Gasteiger partial charge in [-0.25, -0.2) is 4.39 Å². The normalized spacial score (nSPS) is 17.1. The fourth-order valence-electron chi connectivity index (χ4n) is 1.95. The molecular weight excluding hydrogens is 179 g/mol. The monoisotopic (exact) mass is 186 g/mol. The molecule has 0 amide bonds. The van der Waals surface area contributed by atoms with Crippen LogP contribution in [-0.2, 0) is 0 Å². The smallest absolute Gasteiger partial charge is 0.131 e. The van der Waals surface area contributed by atoms with Gasteiger partial charge in [0.2, 0.25) is 0 Å². The second-order valence-corrected chi connectivity index (χ2v) is 3.39. The van der Waals surface area contributed by atoms with Crippen molar-refractivity contribution in [2.45, 2.75) is 0 Å². The number of aliphatic hydroxyl groups is 1. The lowest BCUT2D eigenvalue weighted by molar-refractivity contribution is 0.508. The zero-order chi connectivity index (χ0) is 9.71. The molecule has 0 bridgehead atoms. The molecule has 1 aromatic carbocycles. The largest absolute Gasteiger partial charge is 0.507 e. The Morgan fingerprint density at radius 1 is 1.14 bits per heavy atom. The van der Waals surface area contributed by atoms with E-state index < -0.39 is 0 Å². The third-order valence-corrected chi connectivity index (χ3v) is 2.60. The van der Waals surface area contributed by atoms with Gasteiger partial charge >= 0.3 is 0 Å². The van der Waals surface area contributed by atoms with Crippen LogP contribution < -0.4 is 10.4 Å². The highest BCUT2D eigenvalue weighted by Gasteiger charge is 2.19. The Labute approximate surface area is 79.8 Å². The zero-order valence-corrected chi connectivity index (χ0v) is 7.29. The number of rotatable bonds is 0. The van der Waals surface area contributed by atoms with Crippen LogP contribution in [-0.4, -0.2) is 5.11 Å². The van der Waals surface area contributed by atoms with Crippen LogP contribution in [0.1, 0.15) is 0 Å². The Morgan fingerprint density at radius 3 is 2.86 bits per heavy atom. The van der Waals surface area contributed by atoms with E-state index in [9.17, 15) is 9.50 Å². The average molecular weight is 186 g/mol. The van der Waals surface area contributed by atoms with Gasteiger partial charge in [0.25, 0.3) is 0 Å². The molecule has 0 unspecified atom stereocenters. The maximum absolute atomic E-state index is 12.9. The molecule has 2 heteroatoms. The van der Waals surface area contributed by atoms with Crippen molar-refractivity contribution < 1.29 is 9.50 Å². The predicted molar refractivity (Wildman–Crippen MR) is 52.3 cm³/mol. The van der Waals surface area contributed by atoms with Gasteiger partial charge in [-0.05, 0) is 22.9 Å². The van der Waals surface area contributed by atoms with Crippen LogP contribution in [0.2, 0.25) is 0 Å². The third kappa shape index (κ3) is 0.777. The summed E-state index contributed by atoms with van der Waals surface area (Å²) in [6.45, 7) is 0. The summed E-state index contributed by atoms with van der Waals surface area (Å²) >= 11 is 0. The average Bonchev–Trinajstić information content (AvgIpc) is 2.72. The Hall–Kier alpha value is -1.83. The van der Waals surface area contributed by atoms with E-state index in [-0.39, 0.29) is 11.6 Å². The van der Waals surface area contributed by atoms with Crippen LogP contribution in [0.25, 0.3) is 11.3 Å². The van der Waals surface area contributed by atoms with Gasteiger partial charge in [-0.15, -0.1) is 0 Å². The van der Waals surface area contributed by atoms with Gasteiger partial charge in [-0.2, -0.15) is 0 Å². The van der Waals surface area contributed by atoms with E-state index in [0.29, 0.717) is 5.22 Å². The van der Waals surface area contributed by atoms with Crippen molar-refractivity contribution in [1.29, 1.82) is 0 Å². The number of hydrogen-bond acceptors (Lipinski definition) is 1. The Kier molecular flexibility index (Phi) is 1.27. The molecule has 14 heavy (non-hydrogen) atoms. The fourth-order valence-corrected chi connectivity index (χ4v) is 1.95. The molecule has 2 aliphatic carbocycles. The lowest BCUT2D eigenvalue weighted by Crippen LogP contribution is -2.24. The summed E-state index contributed by atoms with van der Waals surface area (Å²) in [5.41, 5.74) is 1.78. The summed E-state index contributed by atoms with van der Waals surface area (Å²) < 4.78 is 12.9. The van der Waals surface area contributed by atoms with Crippen molar-refractivity contribution in [3.8, 4) is 0 Å². The summed E-state index contributed by atoms with van der Waals surface area (Å²) in [5, 5.41) is 11.3. The van der Waals surface area contributed by atoms with E-state index in [4.69, 9.17) is 0 Å². The molecular formula is C12H7FO. The molecule has 0 saturated carbocycles. The molecule has 1 N–H and O–H groups in total. The second kappa shape index (κ2) is 2.35. The van der Waals surface area contributed by atoms with Crippen LogP contribution in [0.15, 0.2) is 42.0 Å². The van der Waals surface area contributed by atoms with E-state index in [1.165, 1.54) is 12.1 Å². The van der Waals surface area contributed by atoms with Crippen LogP contribution in [0, 0.1) is 5.82 Å². The molecule has 0 spiro atoms. The number of allylic oxidation sites excluding steroid dienone is 3. The summed E-state index contributed by atoms with van der Waals surface area (Å²) in [7, 11) is 0. The molecule has 1 aromatic rings. The Morgan fingerprint density at radius 2 is 2.00 bits per heavy atom. The molecule has 0 aromatic heterocycles. The molecule has 3 rings (SSSR count). The zero-order valence-electron chi connectivity index (χ0n) is 7.29. The molecule has 68 valence electrons. The molecule has 1 nitrogen and oxygen atoms in total. The minimum Gasteiger partial charge on any atom is -0.507 e. The lowest BCUT2D eigenvalue weighted by Gasteiger charge is -1.94. The van der Waals surface area contributed by atoms with Gasteiger partial charge in [0.1, 0.15) is 11.6 Å². The molecule has 0 heterocycles. The number of aliphatic hydroxyl groups excluding tert-OH is 1. The highest BCUT2D eigenvalue weighted by molar-refractivity contribution is 5.93. The van der Waals surface area contributed by atoms with Gasteiger partial charge in [0, 0.05) is 10.8 Å². The molecule has 0 radical (unpaired) electrons. The van der Waals surface area contributed by atoms with Gasteiger partial charge in [-0.1, -0.05) is 24.3 Å². The van der Waals surface area contributed by atoms with E-state index >= 15 is 0 Å². The third-order valence-electron chi connectivity index (χ3n) is 2.60. The van der Waals surface area contributed by atoms with Crippen molar-refractivity contribution in [2.24, 2.45) is 0 Å². The van der Waals surface area contributed by atoms with Gasteiger partial charge in [0.05, 0.1) is 0 Å². The van der Waals surface area contributed by atoms with Crippen molar-refractivity contribution in [3.63, 3.8) is 0 Å². The first-order chi connectivity index (χ1) is 6.77. The number of halogens is 1. The molecule has 0 fully saturated rings. The van der Waals surface area contributed by atoms with Gasteiger partial charge < -0.3 is 5.11 Å². The molecule has 0 atom stereocenters. The number of benzene rings is 1. The van der Waals surface area contributed by atoms with E-state index in [0.717, 1.165) is 16.4 Å². The van der Waals surface area contributed by atoms with Crippen molar-refractivity contribution in [1.82, 2.24) is 0 Å². The first kappa shape index (κ1) is 7.56. The van der Waals surface area contributed by atoms with E-state index in [1.54, 1.807) is 6.07 Å². The minimum atomic E-state index is -0.319. The lowest BCUT2D eigenvalue weighted by atomic mass is 10.1. The number of hydrogen-bond donors (Lipinski definition) is 1. The summed E-state index contributed by atoms with van der Waals surface area (Å²) in [4.78, 5) is 0. The quantitative estimate of drug-likeness (QED) is 0.644. The summed E-state index contributed by atoms with van der Waals surface area (Å²) in [5.74, 6) is -0.139. The van der Waals surface area contributed by atoms with E-state index in [2.05, 4.69) is 0 Å². The van der Waals surface area contributed by atoms with Crippen LogP contribution >= 0.6 is 0 Å². The Balaban J connectivity index is 2.57. The topological polar surface area (TPSA) is 20.2 Å². The molecule has 0 aliphatic heterocycles. The van der Waals surface area contributed by atoms with Crippen LogP contribution in [0.5, 0.6) is 0 Å². The van der Waals surface area contributed by atoms with Crippen molar-refractivity contribution >= 4 is 11.3 Å². The van der Waals surface area contributed by atoms with Crippen LogP contribution in [0.4, 0.5) is 4.39 Å². The SMILES string of the molecule is OC1=c2cc(F)ccc2=C2C=CC=C12. The van der Waals surface area contributed by atoms with Gasteiger partial charge in [-0.3, -0.25) is 0 Å². The van der Waals surface area contributed by atoms with Gasteiger partial charge in [0.15, 0.2) is 0 Å². The fraction of sp³-hybridized carbons (Fsp3) is 0. The van der Waals surface area contributed by atoms with Crippen molar-refractivity contribution in [3.05, 3.63) is 58.3 Å².